The topological polar surface area (TPSA) is 21.3 Å². The van der Waals surface area contributed by atoms with Crippen LogP contribution in [0.3, 0.4) is 0 Å². The maximum atomic E-state index is 5.88. The number of nitrogens with one attached hydrogen (secondary N) is 1. The molecule has 1 aliphatic carbocycles. The van der Waals surface area contributed by atoms with Gasteiger partial charge in [-0.1, -0.05) is 12.1 Å². The van der Waals surface area contributed by atoms with E-state index >= 15 is 0 Å². The van der Waals surface area contributed by atoms with E-state index in [2.05, 4.69) is 37.4 Å². The van der Waals surface area contributed by atoms with E-state index in [1.165, 1.54) is 30.5 Å². The van der Waals surface area contributed by atoms with Gasteiger partial charge in [0.15, 0.2) is 0 Å². The van der Waals surface area contributed by atoms with Crippen molar-refractivity contribution in [2.45, 2.75) is 45.3 Å². The molecule has 0 amide bonds. The van der Waals surface area contributed by atoms with Crippen LogP contribution in [-0.4, -0.2) is 12.1 Å². The standard InChI is InChI=1S/C15H21NO/c1-15(2)8-13-7-12(5-6-14(13)17-15)10-16-9-11-3-4-11/h5-7,11,16H,3-4,8-10H2,1-2H3. The molecule has 1 N–H and O–H groups in total. The van der Waals surface area contributed by atoms with Gasteiger partial charge in [0.1, 0.15) is 11.4 Å². The van der Waals surface area contributed by atoms with E-state index in [-0.39, 0.29) is 5.60 Å². The Morgan fingerprint density at radius 3 is 2.94 bits per heavy atom. The maximum absolute atomic E-state index is 5.88. The molecule has 0 spiro atoms. The smallest absolute Gasteiger partial charge is 0.123 e. The Labute approximate surface area is 103 Å². The number of rotatable bonds is 4. The van der Waals surface area contributed by atoms with Gasteiger partial charge < -0.3 is 10.1 Å². The molecular weight excluding hydrogens is 210 g/mol. The fourth-order valence-electron chi connectivity index (χ4n) is 2.52. The second kappa shape index (κ2) is 4.02. The molecule has 17 heavy (non-hydrogen) atoms. The van der Waals surface area contributed by atoms with Crippen molar-refractivity contribution in [1.29, 1.82) is 0 Å². The quantitative estimate of drug-likeness (QED) is 0.860. The lowest BCUT2D eigenvalue weighted by atomic mass is 10.0. The first-order valence-electron chi connectivity index (χ1n) is 6.64. The SMILES string of the molecule is CC1(C)Cc2cc(CNCC3CC3)ccc2O1. The Bertz CT molecular complexity index is 421. The first-order chi connectivity index (χ1) is 8.12. The summed E-state index contributed by atoms with van der Waals surface area (Å²) in [5.74, 6) is 2.02. The monoisotopic (exact) mass is 231 g/mol. The number of ether oxygens (including phenoxy) is 1. The highest BCUT2D eigenvalue weighted by molar-refractivity contribution is 5.41. The lowest BCUT2D eigenvalue weighted by molar-refractivity contribution is 0.138. The summed E-state index contributed by atoms with van der Waals surface area (Å²) >= 11 is 0. The van der Waals surface area contributed by atoms with Crippen LogP contribution in [0, 0.1) is 5.92 Å². The third kappa shape index (κ3) is 2.63. The molecule has 0 radical (unpaired) electrons. The van der Waals surface area contributed by atoms with Gasteiger partial charge in [-0.2, -0.15) is 0 Å². The van der Waals surface area contributed by atoms with Crippen LogP contribution in [-0.2, 0) is 13.0 Å². The molecule has 1 aromatic rings. The van der Waals surface area contributed by atoms with Crippen LogP contribution in [0.15, 0.2) is 18.2 Å². The van der Waals surface area contributed by atoms with E-state index < -0.39 is 0 Å². The van der Waals surface area contributed by atoms with E-state index in [0.29, 0.717) is 0 Å². The van der Waals surface area contributed by atoms with Gasteiger partial charge in [0.2, 0.25) is 0 Å². The molecule has 0 bridgehead atoms. The summed E-state index contributed by atoms with van der Waals surface area (Å²) in [6.07, 6.45) is 3.86. The Hall–Kier alpha value is -1.02. The van der Waals surface area contributed by atoms with Crippen molar-refractivity contribution in [3.05, 3.63) is 29.3 Å². The Morgan fingerprint density at radius 2 is 2.18 bits per heavy atom. The molecule has 2 aliphatic rings. The summed E-state index contributed by atoms with van der Waals surface area (Å²) in [5, 5.41) is 3.53. The van der Waals surface area contributed by atoms with Crippen LogP contribution >= 0.6 is 0 Å². The summed E-state index contributed by atoms with van der Waals surface area (Å²) in [7, 11) is 0. The van der Waals surface area contributed by atoms with Crippen LogP contribution < -0.4 is 10.1 Å². The molecule has 2 heteroatoms. The lowest BCUT2D eigenvalue weighted by Gasteiger charge is -2.16. The summed E-state index contributed by atoms with van der Waals surface area (Å²) in [5.41, 5.74) is 2.72. The summed E-state index contributed by atoms with van der Waals surface area (Å²) in [6, 6.07) is 6.60. The van der Waals surface area contributed by atoms with Crippen LogP contribution in [0.1, 0.15) is 37.8 Å². The Morgan fingerprint density at radius 1 is 1.35 bits per heavy atom. The van der Waals surface area contributed by atoms with E-state index in [4.69, 9.17) is 4.74 Å². The van der Waals surface area contributed by atoms with Crippen molar-refractivity contribution in [2.24, 2.45) is 5.92 Å². The van der Waals surface area contributed by atoms with Gasteiger partial charge in [0, 0.05) is 13.0 Å². The van der Waals surface area contributed by atoms with Crippen molar-refractivity contribution in [2.75, 3.05) is 6.54 Å². The number of hydrogen-bond donors (Lipinski definition) is 1. The molecule has 1 saturated carbocycles. The summed E-state index contributed by atoms with van der Waals surface area (Å²) < 4.78 is 5.88. The minimum absolute atomic E-state index is 0.0254. The average molecular weight is 231 g/mol. The first kappa shape index (κ1) is 11.1. The molecule has 1 fully saturated rings. The minimum atomic E-state index is -0.0254. The molecule has 1 aromatic carbocycles. The highest BCUT2D eigenvalue weighted by Crippen LogP contribution is 2.35. The van der Waals surface area contributed by atoms with Gasteiger partial charge in [-0.3, -0.25) is 0 Å². The third-order valence-corrected chi connectivity index (χ3v) is 3.59. The average Bonchev–Trinajstić information content (AvgIpc) is 3.00. The predicted octanol–water partition coefficient (Wildman–Crippen LogP) is 2.90. The van der Waals surface area contributed by atoms with Crippen molar-refractivity contribution in [3.63, 3.8) is 0 Å². The van der Waals surface area contributed by atoms with E-state index in [0.717, 1.165) is 24.6 Å². The van der Waals surface area contributed by atoms with Gasteiger partial charge in [-0.25, -0.2) is 0 Å². The zero-order valence-corrected chi connectivity index (χ0v) is 10.8. The molecule has 92 valence electrons. The van der Waals surface area contributed by atoms with Crippen LogP contribution in [0.5, 0.6) is 5.75 Å². The van der Waals surface area contributed by atoms with Crippen LogP contribution in [0.2, 0.25) is 0 Å². The zero-order valence-electron chi connectivity index (χ0n) is 10.8. The number of fused-ring (bicyclic) bond motifs is 1. The fraction of sp³-hybridized carbons (Fsp3) is 0.600. The number of hydrogen-bond acceptors (Lipinski definition) is 2. The van der Waals surface area contributed by atoms with E-state index in [1.54, 1.807) is 0 Å². The molecule has 2 nitrogen and oxygen atoms in total. The molecule has 0 unspecified atom stereocenters. The largest absolute Gasteiger partial charge is 0.487 e. The van der Waals surface area contributed by atoms with Crippen molar-refractivity contribution in [1.82, 2.24) is 5.32 Å². The van der Waals surface area contributed by atoms with Gasteiger partial charge in [-0.15, -0.1) is 0 Å². The lowest BCUT2D eigenvalue weighted by Crippen LogP contribution is -2.24. The van der Waals surface area contributed by atoms with Crippen LogP contribution in [0.4, 0.5) is 0 Å². The second-order valence-corrected chi connectivity index (χ2v) is 6.05. The summed E-state index contributed by atoms with van der Waals surface area (Å²) in [6.45, 7) is 6.47. The van der Waals surface area contributed by atoms with Crippen molar-refractivity contribution < 1.29 is 4.74 Å². The highest BCUT2D eigenvalue weighted by atomic mass is 16.5. The molecule has 1 aliphatic heterocycles. The molecule has 0 atom stereocenters. The first-order valence-corrected chi connectivity index (χ1v) is 6.64. The third-order valence-electron chi connectivity index (χ3n) is 3.59. The Kier molecular flexibility index (Phi) is 2.62. The molecular formula is C15H21NO. The second-order valence-electron chi connectivity index (χ2n) is 6.05. The molecule has 1 heterocycles. The van der Waals surface area contributed by atoms with E-state index in [1.807, 2.05) is 0 Å². The molecule has 0 aromatic heterocycles. The van der Waals surface area contributed by atoms with Gasteiger partial charge >= 0.3 is 0 Å². The van der Waals surface area contributed by atoms with Gasteiger partial charge in [0.05, 0.1) is 0 Å². The maximum Gasteiger partial charge on any atom is 0.123 e. The Balaban J connectivity index is 1.63. The van der Waals surface area contributed by atoms with E-state index in [9.17, 15) is 0 Å². The molecule has 3 rings (SSSR count). The van der Waals surface area contributed by atoms with Crippen molar-refractivity contribution in [3.8, 4) is 5.75 Å². The minimum Gasteiger partial charge on any atom is -0.487 e. The number of benzene rings is 1. The summed E-state index contributed by atoms with van der Waals surface area (Å²) in [4.78, 5) is 0. The highest BCUT2D eigenvalue weighted by Gasteiger charge is 2.29. The normalized spacial score (nSPS) is 21.1. The van der Waals surface area contributed by atoms with Gasteiger partial charge in [0.25, 0.3) is 0 Å². The van der Waals surface area contributed by atoms with Gasteiger partial charge in [-0.05, 0) is 56.3 Å². The zero-order chi connectivity index (χ0) is 11.9. The van der Waals surface area contributed by atoms with Crippen molar-refractivity contribution >= 4 is 0 Å². The van der Waals surface area contributed by atoms with Crippen LogP contribution in [0.25, 0.3) is 0 Å². The predicted molar refractivity (Wildman–Crippen MR) is 69.3 cm³/mol. The molecule has 0 saturated heterocycles. The fourth-order valence-corrected chi connectivity index (χ4v) is 2.52.